The Hall–Kier alpha value is -0.460. The quantitative estimate of drug-likeness (QED) is 0.926. The van der Waals surface area contributed by atoms with Crippen molar-refractivity contribution in [1.29, 1.82) is 0 Å². The van der Waals surface area contributed by atoms with E-state index in [0.29, 0.717) is 0 Å². The van der Waals surface area contributed by atoms with E-state index in [-0.39, 0.29) is 11.6 Å². The van der Waals surface area contributed by atoms with E-state index in [1.807, 2.05) is 7.05 Å². The summed E-state index contributed by atoms with van der Waals surface area (Å²) in [5.74, 6) is 0. The van der Waals surface area contributed by atoms with Crippen molar-refractivity contribution in [2.75, 3.05) is 7.11 Å². The van der Waals surface area contributed by atoms with Crippen molar-refractivity contribution in [3.05, 3.63) is 10.3 Å². The Kier molecular flexibility index (Phi) is 3.85. The van der Waals surface area contributed by atoms with Crippen molar-refractivity contribution in [3.63, 3.8) is 0 Å². The number of halogens is 1. The van der Waals surface area contributed by atoms with Crippen LogP contribution in [-0.2, 0) is 11.8 Å². The molecule has 0 aromatic carbocycles. The molecule has 96 valence electrons. The van der Waals surface area contributed by atoms with Crippen molar-refractivity contribution >= 4 is 15.9 Å². The van der Waals surface area contributed by atoms with Gasteiger partial charge in [0.2, 0.25) is 0 Å². The minimum Gasteiger partial charge on any atom is -0.376 e. The van der Waals surface area contributed by atoms with Crippen LogP contribution in [0, 0.1) is 0 Å². The largest absolute Gasteiger partial charge is 0.376 e. The SMILES string of the molecule is COC1(C(N)c2c(Br)nnn2C)CCCCC1. The molecule has 1 aliphatic carbocycles. The molecule has 1 unspecified atom stereocenters. The maximum Gasteiger partial charge on any atom is 0.153 e. The van der Waals surface area contributed by atoms with E-state index >= 15 is 0 Å². The van der Waals surface area contributed by atoms with Crippen molar-refractivity contribution < 1.29 is 4.74 Å². The molecule has 1 atom stereocenters. The first-order valence-electron chi connectivity index (χ1n) is 5.96. The van der Waals surface area contributed by atoms with Crippen LogP contribution in [0.1, 0.15) is 43.8 Å². The van der Waals surface area contributed by atoms with Gasteiger partial charge in [-0.2, -0.15) is 0 Å². The van der Waals surface area contributed by atoms with Crippen LogP contribution in [0.3, 0.4) is 0 Å². The average molecular weight is 303 g/mol. The van der Waals surface area contributed by atoms with Crippen molar-refractivity contribution in [3.8, 4) is 0 Å². The van der Waals surface area contributed by atoms with Gasteiger partial charge in [0, 0.05) is 14.2 Å². The fourth-order valence-corrected chi connectivity index (χ4v) is 3.28. The molecule has 1 fully saturated rings. The second-order valence-corrected chi connectivity index (χ2v) is 5.45. The maximum atomic E-state index is 6.41. The third-order valence-electron chi connectivity index (χ3n) is 3.79. The second kappa shape index (κ2) is 5.04. The molecule has 0 amide bonds. The predicted octanol–water partition coefficient (Wildman–Crippen LogP) is 1.93. The maximum absolute atomic E-state index is 6.41. The van der Waals surface area contributed by atoms with Crippen molar-refractivity contribution in [2.24, 2.45) is 12.8 Å². The molecule has 0 bridgehead atoms. The van der Waals surface area contributed by atoms with E-state index in [9.17, 15) is 0 Å². The zero-order valence-corrected chi connectivity index (χ0v) is 11.9. The first-order valence-corrected chi connectivity index (χ1v) is 6.76. The van der Waals surface area contributed by atoms with Crippen LogP contribution in [0.2, 0.25) is 0 Å². The predicted molar refractivity (Wildman–Crippen MR) is 68.5 cm³/mol. The number of aryl methyl sites for hydroxylation is 1. The van der Waals surface area contributed by atoms with Crippen LogP contribution in [0.15, 0.2) is 4.60 Å². The van der Waals surface area contributed by atoms with E-state index in [2.05, 4.69) is 26.2 Å². The summed E-state index contributed by atoms with van der Waals surface area (Å²) in [6.07, 6.45) is 5.61. The Morgan fingerprint density at radius 1 is 1.41 bits per heavy atom. The zero-order chi connectivity index (χ0) is 12.5. The topological polar surface area (TPSA) is 66.0 Å². The third-order valence-corrected chi connectivity index (χ3v) is 4.36. The van der Waals surface area contributed by atoms with Gasteiger partial charge in [-0.25, -0.2) is 4.68 Å². The van der Waals surface area contributed by atoms with E-state index in [1.165, 1.54) is 19.3 Å². The normalized spacial score (nSPS) is 21.4. The average Bonchev–Trinajstić information content (AvgIpc) is 2.69. The minimum absolute atomic E-state index is 0.192. The summed E-state index contributed by atoms with van der Waals surface area (Å²) >= 11 is 3.41. The number of nitrogens with two attached hydrogens (primary N) is 1. The summed E-state index contributed by atoms with van der Waals surface area (Å²) in [5, 5.41) is 7.97. The zero-order valence-electron chi connectivity index (χ0n) is 10.3. The molecular weight excluding hydrogens is 284 g/mol. The lowest BCUT2D eigenvalue weighted by Crippen LogP contribution is -2.45. The van der Waals surface area contributed by atoms with Gasteiger partial charge in [0.15, 0.2) is 4.60 Å². The standard InChI is InChI=1S/C11H19BrN4O/c1-16-8(10(12)14-15-16)9(13)11(17-2)6-4-3-5-7-11/h9H,3-7,13H2,1-2H3. The fraction of sp³-hybridized carbons (Fsp3) is 0.818. The Morgan fingerprint density at radius 3 is 2.53 bits per heavy atom. The number of nitrogens with zero attached hydrogens (tertiary/aromatic N) is 3. The number of hydrogen-bond acceptors (Lipinski definition) is 4. The summed E-state index contributed by atoms with van der Waals surface area (Å²) < 4.78 is 8.20. The summed E-state index contributed by atoms with van der Waals surface area (Å²) in [4.78, 5) is 0. The molecule has 6 heteroatoms. The lowest BCUT2D eigenvalue weighted by atomic mass is 9.78. The lowest BCUT2D eigenvalue weighted by Gasteiger charge is -2.40. The van der Waals surface area contributed by atoms with Gasteiger partial charge in [-0.3, -0.25) is 0 Å². The summed E-state index contributed by atoms with van der Waals surface area (Å²) in [7, 11) is 3.61. The molecule has 1 aliphatic rings. The molecule has 1 aromatic rings. The number of ether oxygens (including phenoxy) is 1. The molecule has 1 saturated carbocycles. The first kappa shape index (κ1) is 13.0. The van der Waals surface area contributed by atoms with Gasteiger partial charge >= 0.3 is 0 Å². The Labute approximate surface area is 110 Å². The molecule has 0 aliphatic heterocycles. The highest BCUT2D eigenvalue weighted by Gasteiger charge is 2.41. The monoisotopic (exact) mass is 302 g/mol. The molecule has 0 saturated heterocycles. The van der Waals surface area contributed by atoms with Crippen LogP contribution in [0.5, 0.6) is 0 Å². The summed E-state index contributed by atoms with van der Waals surface area (Å²) in [6, 6.07) is -0.192. The summed E-state index contributed by atoms with van der Waals surface area (Å²) in [6.45, 7) is 0. The van der Waals surface area contributed by atoms with E-state index in [1.54, 1.807) is 11.8 Å². The number of hydrogen-bond donors (Lipinski definition) is 1. The Bertz CT molecular complexity index is 367. The lowest BCUT2D eigenvalue weighted by molar-refractivity contribution is -0.0612. The van der Waals surface area contributed by atoms with Crippen LogP contribution in [-0.4, -0.2) is 27.7 Å². The molecule has 2 rings (SSSR count). The molecule has 0 spiro atoms. The molecule has 5 nitrogen and oxygen atoms in total. The molecule has 1 aromatic heterocycles. The molecule has 2 N–H and O–H groups in total. The second-order valence-electron chi connectivity index (χ2n) is 4.70. The number of rotatable bonds is 3. The molecule has 1 heterocycles. The van der Waals surface area contributed by atoms with Gasteiger partial charge in [-0.1, -0.05) is 24.5 Å². The highest BCUT2D eigenvalue weighted by atomic mass is 79.9. The molecule has 17 heavy (non-hydrogen) atoms. The van der Waals surface area contributed by atoms with Crippen LogP contribution >= 0.6 is 15.9 Å². The summed E-state index contributed by atoms with van der Waals surface area (Å²) in [5.41, 5.74) is 7.05. The van der Waals surface area contributed by atoms with Crippen molar-refractivity contribution in [1.82, 2.24) is 15.0 Å². The Morgan fingerprint density at radius 2 is 2.06 bits per heavy atom. The fourth-order valence-electron chi connectivity index (χ4n) is 2.71. The first-order chi connectivity index (χ1) is 8.10. The van der Waals surface area contributed by atoms with Gasteiger partial charge in [0.1, 0.15) is 0 Å². The van der Waals surface area contributed by atoms with E-state index in [4.69, 9.17) is 10.5 Å². The van der Waals surface area contributed by atoms with E-state index in [0.717, 1.165) is 23.1 Å². The number of methoxy groups -OCH3 is 1. The van der Waals surface area contributed by atoms with Gasteiger partial charge in [0.25, 0.3) is 0 Å². The van der Waals surface area contributed by atoms with Crippen LogP contribution in [0.25, 0.3) is 0 Å². The van der Waals surface area contributed by atoms with Gasteiger partial charge in [-0.05, 0) is 28.8 Å². The molecular formula is C11H19BrN4O. The van der Waals surface area contributed by atoms with Gasteiger partial charge in [0.05, 0.1) is 17.3 Å². The smallest absolute Gasteiger partial charge is 0.153 e. The highest BCUT2D eigenvalue weighted by molar-refractivity contribution is 9.10. The van der Waals surface area contributed by atoms with Crippen LogP contribution in [0.4, 0.5) is 0 Å². The van der Waals surface area contributed by atoms with Crippen LogP contribution < -0.4 is 5.73 Å². The number of aromatic nitrogens is 3. The van der Waals surface area contributed by atoms with Crippen molar-refractivity contribution in [2.45, 2.75) is 43.7 Å². The Balaban J connectivity index is 2.31. The van der Waals surface area contributed by atoms with Gasteiger partial charge < -0.3 is 10.5 Å². The van der Waals surface area contributed by atoms with E-state index < -0.39 is 0 Å². The van der Waals surface area contributed by atoms with Gasteiger partial charge in [-0.15, -0.1) is 5.10 Å². The third kappa shape index (κ3) is 2.26. The minimum atomic E-state index is -0.268. The highest BCUT2D eigenvalue weighted by Crippen LogP contribution is 2.40. The molecule has 0 radical (unpaired) electrons.